The van der Waals surface area contributed by atoms with Gasteiger partial charge in [-0.25, -0.2) is 9.40 Å². The van der Waals surface area contributed by atoms with E-state index in [-0.39, 0.29) is 22.8 Å². The highest BCUT2D eigenvalue weighted by molar-refractivity contribution is 6.32. The smallest absolute Gasteiger partial charge is 0.282 e. The molecule has 1 saturated heterocycles. The van der Waals surface area contributed by atoms with Crippen LogP contribution in [0.5, 0.6) is 11.5 Å². The molecule has 1 heterocycles. The van der Waals surface area contributed by atoms with E-state index in [1.165, 1.54) is 30.3 Å². The topological polar surface area (TPSA) is 67.9 Å². The maximum Gasteiger partial charge on any atom is 0.282 e. The Morgan fingerprint density at radius 3 is 2.53 bits per heavy atom. The lowest BCUT2D eigenvalue weighted by molar-refractivity contribution is -0.117. The number of ether oxygens (including phenoxy) is 2. The highest BCUT2D eigenvalue weighted by Gasteiger charge is 2.34. The molecule has 1 N–H and O–H groups in total. The summed E-state index contributed by atoms with van der Waals surface area (Å²) in [6.07, 6.45) is 1.47. The number of carbonyl (C=O) groups is 2. The van der Waals surface area contributed by atoms with E-state index in [9.17, 15) is 14.0 Å². The first-order chi connectivity index (χ1) is 15.5. The van der Waals surface area contributed by atoms with Crippen molar-refractivity contribution in [2.45, 2.75) is 6.61 Å². The molecule has 3 aromatic rings. The summed E-state index contributed by atoms with van der Waals surface area (Å²) in [5.41, 5.74) is 3.89. The molecule has 0 atom stereocenters. The van der Waals surface area contributed by atoms with Crippen molar-refractivity contribution >= 4 is 35.2 Å². The van der Waals surface area contributed by atoms with Gasteiger partial charge in [0, 0.05) is 5.56 Å². The first kappa shape index (κ1) is 21.4. The van der Waals surface area contributed by atoms with Crippen LogP contribution in [0.15, 0.2) is 72.3 Å². The summed E-state index contributed by atoms with van der Waals surface area (Å²) in [6, 6.07) is 18.1. The Morgan fingerprint density at radius 1 is 1.03 bits per heavy atom. The highest BCUT2D eigenvalue weighted by atomic mass is 35.5. The van der Waals surface area contributed by atoms with Gasteiger partial charge >= 0.3 is 0 Å². The summed E-state index contributed by atoms with van der Waals surface area (Å²) in [4.78, 5) is 25.1. The summed E-state index contributed by atoms with van der Waals surface area (Å²) in [6.45, 7) is -0.0881. The molecule has 1 aliphatic heterocycles. The molecule has 4 rings (SSSR count). The van der Waals surface area contributed by atoms with Gasteiger partial charge < -0.3 is 9.47 Å². The summed E-state index contributed by atoms with van der Waals surface area (Å²) in [5.74, 6) is -0.715. The van der Waals surface area contributed by atoms with E-state index >= 15 is 0 Å². The molecule has 0 unspecified atom stereocenters. The molecule has 8 heteroatoms. The average Bonchev–Trinajstić information content (AvgIpc) is 3.08. The first-order valence-electron chi connectivity index (χ1n) is 9.64. The first-order valence-corrected chi connectivity index (χ1v) is 10.0. The zero-order chi connectivity index (χ0) is 22.7. The van der Waals surface area contributed by atoms with Gasteiger partial charge in [0.05, 0.1) is 17.8 Å². The summed E-state index contributed by atoms with van der Waals surface area (Å²) < 4.78 is 25.0. The van der Waals surface area contributed by atoms with Crippen LogP contribution in [0.2, 0.25) is 5.02 Å². The van der Waals surface area contributed by atoms with E-state index < -0.39 is 17.6 Å². The lowest BCUT2D eigenvalue weighted by atomic mass is 10.1. The Morgan fingerprint density at radius 2 is 1.81 bits per heavy atom. The quantitative estimate of drug-likeness (QED) is 0.441. The molecular formula is C24H18ClFN2O4. The van der Waals surface area contributed by atoms with Crippen molar-refractivity contribution in [2.75, 3.05) is 12.1 Å². The Labute approximate surface area is 188 Å². The van der Waals surface area contributed by atoms with Crippen LogP contribution in [0.25, 0.3) is 6.08 Å². The van der Waals surface area contributed by atoms with Crippen LogP contribution in [-0.4, -0.2) is 18.9 Å². The number of hydrogen-bond acceptors (Lipinski definition) is 4. The van der Waals surface area contributed by atoms with E-state index in [0.29, 0.717) is 22.7 Å². The molecule has 3 aromatic carbocycles. The summed E-state index contributed by atoms with van der Waals surface area (Å²) >= 11 is 6.04. The van der Waals surface area contributed by atoms with Gasteiger partial charge in [0.2, 0.25) is 0 Å². The van der Waals surface area contributed by atoms with Crippen molar-refractivity contribution in [3.05, 3.63) is 94.3 Å². The van der Waals surface area contributed by atoms with Gasteiger partial charge in [0.15, 0.2) is 11.5 Å². The predicted octanol–water partition coefficient (Wildman–Crippen LogP) is 4.53. The van der Waals surface area contributed by atoms with Gasteiger partial charge in [0.1, 0.15) is 18.0 Å². The summed E-state index contributed by atoms with van der Waals surface area (Å²) in [7, 11) is 1.46. The zero-order valence-corrected chi connectivity index (χ0v) is 17.7. The number of hydrazine groups is 1. The van der Waals surface area contributed by atoms with Crippen LogP contribution in [-0.2, 0) is 16.2 Å². The van der Waals surface area contributed by atoms with E-state index in [2.05, 4.69) is 5.43 Å². The number of halogens is 2. The van der Waals surface area contributed by atoms with Crippen LogP contribution >= 0.6 is 11.6 Å². The number of rotatable bonds is 6. The van der Waals surface area contributed by atoms with E-state index in [1.807, 2.05) is 6.07 Å². The fourth-order valence-electron chi connectivity index (χ4n) is 3.20. The SMILES string of the molecule is COc1cc(C=C2C(=O)NN(c3ccccc3)C2=O)ccc1OCc1c(F)cccc1Cl. The second-order valence-electron chi connectivity index (χ2n) is 6.87. The number of nitrogens with zero attached hydrogens (tertiary/aromatic N) is 1. The van der Waals surface area contributed by atoms with E-state index in [0.717, 1.165) is 0 Å². The number of para-hydroxylation sites is 1. The van der Waals surface area contributed by atoms with Gasteiger partial charge in [-0.3, -0.25) is 15.0 Å². The number of benzene rings is 3. The lowest BCUT2D eigenvalue weighted by Gasteiger charge is -2.14. The second-order valence-corrected chi connectivity index (χ2v) is 7.28. The van der Waals surface area contributed by atoms with Crippen LogP contribution in [0.1, 0.15) is 11.1 Å². The zero-order valence-electron chi connectivity index (χ0n) is 17.0. The number of anilines is 1. The maximum absolute atomic E-state index is 14.0. The standard InChI is InChI=1S/C24H18ClFN2O4/c1-31-22-13-15(10-11-21(22)32-14-18-19(25)8-5-9-20(18)26)12-17-23(29)27-28(24(17)30)16-6-3-2-4-7-16/h2-13H,14H2,1H3,(H,27,29). The third-order valence-electron chi connectivity index (χ3n) is 4.84. The van der Waals surface area contributed by atoms with E-state index in [4.69, 9.17) is 21.1 Å². The number of nitrogens with one attached hydrogen (secondary N) is 1. The Hall–Kier alpha value is -3.84. The molecule has 0 radical (unpaired) electrons. The van der Waals surface area contributed by atoms with Crippen LogP contribution in [0, 0.1) is 5.82 Å². The van der Waals surface area contributed by atoms with Gasteiger partial charge in [-0.1, -0.05) is 41.9 Å². The minimum absolute atomic E-state index is 0.0114. The van der Waals surface area contributed by atoms with Gasteiger partial charge in [0.25, 0.3) is 11.8 Å². The molecule has 32 heavy (non-hydrogen) atoms. The van der Waals surface area contributed by atoms with Gasteiger partial charge in [-0.05, 0) is 48.0 Å². The number of carbonyl (C=O) groups excluding carboxylic acids is 2. The largest absolute Gasteiger partial charge is 0.493 e. The van der Waals surface area contributed by atoms with Crippen LogP contribution in [0.3, 0.4) is 0 Å². The van der Waals surface area contributed by atoms with Crippen LogP contribution in [0.4, 0.5) is 10.1 Å². The van der Waals surface area contributed by atoms with Crippen molar-refractivity contribution in [1.82, 2.24) is 5.43 Å². The van der Waals surface area contributed by atoms with Crippen LogP contribution < -0.4 is 19.9 Å². The van der Waals surface area contributed by atoms with Crippen molar-refractivity contribution in [3.63, 3.8) is 0 Å². The third kappa shape index (κ3) is 4.29. The molecule has 0 spiro atoms. The minimum Gasteiger partial charge on any atom is -0.493 e. The van der Waals surface area contributed by atoms with Crippen molar-refractivity contribution in [1.29, 1.82) is 0 Å². The maximum atomic E-state index is 14.0. The molecular weight excluding hydrogens is 435 g/mol. The van der Waals surface area contributed by atoms with E-state index in [1.54, 1.807) is 48.5 Å². The monoisotopic (exact) mass is 452 g/mol. The second kappa shape index (κ2) is 9.11. The fourth-order valence-corrected chi connectivity index (χ4v) is 3.41. The Balaban J connectivity index is 1.55. The Kier molecular flexibility index (Phi) is 6.09. The fraction of sp³-hybridized carbons (Fsp3) is 0.0833. The molecule has 162 valence electrons. The lowest BCUT2D eigenvalue weighted by Crippen LogP contribution is -2.35. The number of hydrogen-bond donors (Lipinski definition) is 1. The third-order valence-corrected chi connectivity index (χ3v) is 5.19. The molecule has 6 nitrogen and oxygen atoms in total. The predicted molar refractivity (Wildman–Crippen MR) is 119 cm³/mol. The molecule has 0 aliphatic carbocycles. The van der Waals surface area contributed by atoms with Crippen molar-refractivity contribution in [3.8, 4) is 11.5 Å². The molecule has 1 aliphatic rings. The Bertz CT molecular complexity index is 1190. The average molecular weight is 453 g/mol. The molecule has 0 aromatic heterocycles. The van der Waals surface area contributed by atoms with Gasteiger partial charge in [-0.2, -0.15) is 0 Å². The normalized spacial score (nSPS) is 14.6. The molecule has 0 saturated carbocycles. The van der Waals surface area contributed by atoms with Gasteiger partial charge in [-0.15, -0.1) is 0 Å². The minimum atomic E-state index is -0.507. The molecule has 1 fully saturated rings. The summed E-state index contributed by atoms with van der Waals surface area (Å²) in [5, 5.41) is 1.46. The van der Waals surface area contributed by atoms with Crippen molar-refractivity contribution in [2.24, 2.45) is 0 Å². The number of amides is 2. The number of methoxy groups -OCH3 is 1. The molecule has 2 amide bonds. The highest BCUT2D eigenvalue weighted by Crippen LogP contribution is 2.31. The van der Waals surface area contributed by atoms with Crippen molar-refractivity contribution < 1.29 is 23.5 Å². The molecule has 0 bridgehead atoms.